The van der Waals surface area contributed by atoms with Crippen molar-refractivity contribution in [1.29, 1.82) is 0 Å². The predicted octanol–water partition coefficient (Wildman–Crippen LogP) is 4.66. The molecule has 134 valence electrons. The van der Waals surface area contributed by atoms with Gasteiger partial charge in [-0.2, -0.15) is 0 Å². The van der Waals surface area contributed by atoms with Crippen molar-refractivity contribution in [3.05, 3.63) is 30.3 Å². The molecule has 0 aliphatic carbocycles. The normalized spacial score (nSPS) is 10.4. The molecule has 0 radical (unpaired) electrons. The van der Waals surface area contributed by atoms with Crippen LogP contribution in [0.1, 0.15) is 98.2 Å². The van der Waals surface area contributed by atoms with Gasteiger partial charge >= 0.3 is 29.6 Å². The van der Waals surface area contributed by atoms with Crippen molar-refractivity contribution >= 4 is 0 Å². The van der Waals surface area contributed by atoms with Crippen molar-refractivity contribution in [3.63, 3.8) is 0 Å². The Morgan fingerprint density at radius 3 is 1.50 bits per heavy atom. The van der Waals surface area contributed by atoms with Crippen LogP contribution in [0.15, 0.2) is 30.3 Å². The third-order valence-electron chi connectivity index (χ3n) is 4.51. The van der Waals surface area contributed by atoms with Gasteiger partial charge in [0.1, 0.15) is 5.75 Å². The number of rotatable bonds is 16. The first-order valence-corrected chi connectivity index (χ1v) is 10.1. The van der Waals surface area contributed by atoms with E-state index in [1.807, 2.05) is 30.3 Å². The molecule has 0 spiro atoms. The number of para-hydroxylation sites is 1. The van der Waals surface area contributed by atoms with Gasteiger partial charge < -0.3 is 6.16 Å². The third-order valence-corrected chi connectivity index (χ3v) is 4.51. The van der Waals surface area contributed by atoms with Gasteiger partial charge in [-0.15, -0.1) is 0 Å². The Labute approximate surface area is 174 Å². The maximum Gasteiger partial charge on any atom is 1.00 e. The Kier molecular flexibility index (Phi) is 19.4. The third kappa shape index (κ3) is 15.5. The molecule has 0 aromatic heterocycles. The van der Waals surface area contributed by atoms with Crippen LogP contribution >= 0.6 is 0 Å². The zero-order valence-electron chi connectivity index (χ0n) is 17.4. The molecule has 0 heterocycles. The first kappa shape index (κ1) is 24.0. The molecule has 0 unspecified atom stereocenters. The molecule has 1 aromatic rings. The van der Waals surface area contributed by atoms with Gasteiger partial charge in [-0.3, -0.25) is 0 Å². The Bertz CT molecular complexity index is 345. The topological polar surface area (TPSA) is 9.23 Å². The van der Waals surface area contributed by atoms with Crippen molar-refractivity contribution < 1.29 is 35.7 Å². The van der Waals surface area contributed by atoms with E-state index in [9.17, 15) is 0 Å². The summed E-state index contributed by atoms with van der Waals surface area (Å²) in [6, 6.07) is 10.1. The van der Waals surface area contributed by atoms with Gasteiger partial charge in [0.15, 0.2) is 0 Å². The van der Waals surface area contributed by atoms with Gasteiger partial charge in [0.2, 0.25) is 0 Å². The number of ether oxygens (including phenoxy) is 1. The summed E-state index contributed by atoms with van der Waals surface area (Å²) in [5, 5.41) is 0. The van der Waals surface area contributed by atoms with E-state index >= 15 is 0 Å². The summed E-state index contributed by atoms with van der Waals surface area (Å²) in [7, 11) is 0. The van der Waals surface area contributed by atoms with E-state index in [1.54, 1.807) is 0 Å². The number of unbranched alkanes of at least 4 members (excludes halogenated alkanes) is 13. The molecule has 0 bridgehead atoms. The molecule has 24 heavy (non-hydrogen) atoms. The largest absolute Gasteiger partial charge is 1.00 e. The monoisotopic (exact) mass is 342 g/mol. The quantitative estimate of drug-likeness (QED) is 0.313. The molecule has 0 aliphatic rings. The van der Waals surface area contributed by atoms with Crippen molar-refractivity contribution in [2.45, 2.75) is 96.8 Å². The summed E-state index contributed by atoms with van der Waals surface area (Å²) in [4.78, 5) is 0. The van der Waals surface area contributed by atoms with Crippen molar-refractivity contribution in [2.24, 2.45) is 0 Å². The predicted molar refractivity (Wildman–Crippen MR) is 103 cm³/mol. The van der Waals surface area contributed by atoms with E-state index in [0.29, 0.717) is 0 Å². The van der Waals surface area contributed by atoms with Crippen LogP contribution < -0.4 is 34.3 Å². The van der Waals surface area contributed by atoms with E-state index in [1.165, 1.54) is 89.9 Å². The van der Waals surface area contributed by atoms with Gasteiger partial charge in [-0.05, 0) is 18.6 Å². The minimum atomic E-state index is 0. The Balaban J connectivity index is 0. The second-order valence-corrected chi connectivity index (χ2v) is 6.76. The maximum atomic E-state index is 5.71. The molecular weight excluding hydrogens is 303 g/mol. The van der Waals surface area contributed by atoms with Crippen molar-refractivity contribution in [2.75, 3.05) is 6.61 Å². The molecule has 0 saturated heterocycles. The van der Waals surface area contributed by atoms with Crippen molar-refractivity contribution in [3.8, 4) is 5.75 Å². The number of hydrogen-bond acceptors (Lipinski definition) is 1. The molecule has 0 amide bonds. The van der Waals surface area contributed by atoms with Crippen LogP contribution in [0.5, 0.6) is 5.75 Å². The van der Waals surface area contributed by atoms with Crippen LogP contribution in [0.25, 0.3) is 0 Å². The molecule has 2 heteroatoms. The SMILES string of the molecule is CCCCCCCCCCCCCCCCOc1ccccc1.[H-].[Na+]. The van der Waals surface area contributed by atoms with Gasteiger partial charge in [-0.25, -0.2) is 0 Å². The zero-order chi connectivity index (χ0) is 16.4. The molecule has 1 nitrogen and oxygen atoms in total. The first-order valence-electron chi connectivity index (χ1n) is 10.1. The van der Waals surface area contributed by atoms with Gasteiger partial charge in [0, 0.05) is 0 Å². The summed E-state index contributed by atoms with van der Waals surface area (Å²) >= 11 is 0. The Morgan fingerprint density at radius 1 is 0.625 bits per heavy atom. The summed E-state index contributed by atoms with van der Waals surface area (Å²) in [6.45, 7) is 3.15. The van der Waals surface area contributed by atoms with Crippen molar-refractivity contribution in [1.82, 2.24) is 0 Å². The fourth-order valence-electron chi connectivity index (χ4n) is 3.00. The van der Waals surface area contributed by atoms with Gasteiger partial charge in [0.05, 0.1) is 6.61 Å². The van der Waals surface area contributed by atoms with E-state index in [2.05, 4.69) is 6.92 Å². The second-order valence-electron chi connectivity index (χ2n) is 6.76. The molecular formula is C22H39NaO. The summed E-state index contributed by atoms with van der Waals surface area (Å²) in [5.41, 5.74) is 0. The van der Waals surface area contributed by atoms with Crippen LogP contribution in [-0.4, -0.2) is 6.61 Å². The first-order chi connectivity index (χ1) is 11.4. The smallest absolute Gasteiger partial charge is 1.00 e. The van der Waals surface area contributed by atoms with E-state index in [4.69, 9.17) is 4.74 Å². The molecule has 1 aromatic carbocycles. The van der Waals surface area contributed by atoms with Gasteiger partial charge in [-0.1, -0.05) is 109 Å². The Morgan fingerprint density at radius 2 is 1.04 bits per heavy atom. The van der Waals surface area contributed by atoms with Crippen LogP contribution in [0, 0.1) is 0 Å². The van der Waals surface area contributed by atoms with E-state index in [-0.39, 0.29) is 31.0 Å². The zero-order valence-corrected chi connectivity index (χ0v) is 18.4. The van der Waals surface area contributed by atoms with Crippen LogP contribution in [0.3, 0.4) is 0 Å². The van der Waals surface area contributed by atoms with E-state index < -0.39 is 0 Å². The fourth-order valence-corrected chi connectivity index (χ4v) is 3.00. The molecule has 0 saturated carbocycles. The van der Waals surface area contributed by atoms with Gasteiger partial charge in [0.25, 0.3) is 0 Å². The minimum Gasteiger partial charge on any atom is -1.00 e. The Hall–Kier alpha value is 0.0200. The molecule has 0 N–H and O–H groups in total. The molecule has 1 rings (SSSR count). The molecule has 0 fully saturated rings. The summed E-state index contributed by atoms with van der Waals surface area (Å²) in [5.74, 6) is 1.00. The summed E-state index contributed by atoms with van der Waals surface area (Å²) < 4.78 is 5.71. The summed E-state index contributed by atoms with van der Waals surface area (Å²) in [6.07, 6.45) is 19.7. The fraction of sp³-hybridized carbons (Fsp3) is 0.727. The average Bonchev–Trinajstić information content (AvgIpc) is 2.59. The van der Waals surface area contributed by atoms with E-state index in [0.717, 1.165) is 12.4 Å². The second kappa shape index (κ2) is 19.3. The minimum absolute atomic E-state index is 0. The van der Waals surface area contributed by atoms with Crippen LogP contribution in [0.2, 0.25) is 0 Å². The average molecular weight is 343 g/mol. The van der Waals surface area contributed by atoms with Crippen LogP contribution in [0.4, 0.5) is 0 Å². The molecule has 0 aliphatic heterocycles. The molecule has 0 atom stereocenters. The standard InChI is InChI=1S/C22H38O.Na.H/c1-2-3-4-5-6-7-8-9-10-11-12-13-14-18-21-23-22-19-16-15-17-20-22;;/h15-17,19-20H,2-14,18,21H2,1H3;;/q;+1;-1. The van der Waals surface area contributed by atoms with Crippen LogP contribution in [-0.2, 0) is 0 Å². The number of benzene rings is 1. The number of hydrogen-bond donors (Lipinski definition) is 0. The maximum absolute atomic E-state index is 5.71.